The number of para-hydroxylation sites is 1. The average molecular weight is 270 g/mol. The number of rotatable bonds is 2. The van der Waals surface area contributed by atoms with E-state index in [-0.39, 0.29) is 6.04 Å². The van der Waals surface area contributed by atoms with E-state index in [1.165, 1.54) is 25.7 Å². The second kappa shape index (κ2) is 4.61. The van der Waals surface area contributed by atoms with Crippen molar-refractivity contribution in [3.05, 3.63) is 36.1 Å². The number of fused-ring (bicyclic) bond motifs is 3. The van der Waals surface area contributed by atoms with Crippen LogP contribution in [0.1, 0.15) is 37.5 Å². The predicted octanol–water partition coefficient (Wildman–Crippen LogP) is 3.31. The summed E-state index contributed by atoms with van der Waals surface area (Å²) in [7, 11) is 2.27. The lowest BCUT2D eigenvalue weighted by molar-refractivity contribution is 0.116. The lowest BCUT2D eigenvalue weighted by Crippen LogP contribution is -2.42. The Labute approximate surface area is 119 Å². The standard InChI is InChI=1S/C17H22N2O/c1-19-13-6-7-14(19)9-12(8-13)17(18)16-10-11-4-2-3-5-15(11)20-16/h2-5,10,12-14,17H,6-9,18H2,1H3. The van der Waals surface area contributed by atoms with Crippen molar-refractivity contribution in [2.24, 2.45) is 11.7 Å². The van der Waals surface area contributed by atoms with Gasteiger partial charge in [-0.15, -0.1) is 0 Å². The number of furan rings is 1. The molecular formula is C17H22N2O. The Bertz CT molecular complexity index is 573. The molecule has 0 radical (unpaired) electrons. The van der Waals surface area contributed by atoms with E-state index in [1.54, 1.807) is 0 Å². The van der Waals surface area contributed by atoms with Crippen LogP contribution < -0.4 is 5.73 Å². The van der Waals surface area contributed by atoms with Crippen molar-refractivity contribution in [2.75, 3.05) is 7.05 Å². The summed E-state index contributed by atoms with van der Waals surface area (Å²) >= 11 is 0. The first-order valence-corrected chi connectivity index (χ1v) is 7.68. The fourth-order valence-electron chi connectivity index (χ4n) is 4.15. The Balaban J connectivity index is 1.59. The highest BCUT2D eigenvalue weighted by molar-refractivity contribution is 5.77. The van der Waals surface area contributed by atoms with Crippen LogP contribution in [0.15, 0.2) is 34.7 Å². The summed E-state index contributed by atoms with van der Waals surface area (Å²) in [6.07, 6.45) is 5.10. The first-order valence-electron chi connectivity index (χ1n) is 7.68. The van der Waals surface area contributed by atoms with E-state index in [9.17, 15) is 0 Å². The number of hydrogen-bond acceptors (Lipinski definition) is 3. The molecule has 3 heteroatoms. The third kappa shape index (κ3) is 1.88. The highest BCUT2D eigenvalue weighted by Gasteiger charge is 2.41. The van der Waals surface area contributed by atoms with Crippen molar-refractivity contribution >= 4 is 11.0 Å². The molecule has 2 aliphatic heterocycles. The van der Waals surface area contributed by atoms with Crippen LogP contribution in [0.3, 0.4) is 0 Å². The minimum atomic E-state index is 0.0409. The third-order valence-electron chi connectivity index (χ3n) is 5.42. The maximum atomic E-state index is 6.52. The van der Waals surface area contributed by atoms with Crippen molar-refractivity contribution in [1.29, 1.82) is 0 Å². The van der Waals surface area contributed by atoms with Gasteiger partial charge in [-0.05, 0) is 50.8 Å². The van der Waals surface area contributed by atoms with Gasteiger partial charge in [0.25, 0.3) is 0 Å². The topological polar surface area (TPSA) is 42.4 Å². The summed E-state index contributed by atoms with van der Waals surface area (Å²) in [5.74, 6) is 1.52. The fraction of sp³-hybridized carbons (Fsp3) is 0.529. The molecule has 2 N–H and O–H groups in total. The summed E-state index contributed by atoms with van der Waals surface area (Å²) in [6, 6.07) is 11.8. The highest BCUT2D eigenvalue weighted by atomic mass is 16.3. The van der Waals surface area contributed by atoms with E-state index >= 15 is 0 Å². The zero-order valence-electron chi connectivity index (χ0n) is 12.0. The van der Waals surface area contributed by atoms with Gasteiger partial charge in [0.05, 0.1) is 6.04 Å². The molecule has 0 amide bonds. The monoisotopic (exact) mass is 270 g/mol. The normalized spacial score (nSPS) is 31.8. The zero-order valence-corrected chi connectivity index (χ0v) is 12.0. The Hall–Kier alpha value is -1.32. The molecular weight excluding hydrogens is 248 g/mol. The summed E-state index contributed by atoms with van der Waals surface area (Å²) in [5.41, 5.74) is 7.47. The molecule has 0 aliphatic carbocycles. The average Bonchev–Trinajstić information content (AvgIpc) is 2.95. The maximum absolute atomic E-state index is 6.52. The van der Waals surface area contributed by atoms with Crippen molar-refractivity contribution in [2.45, 2.75) is 43.8 Å². The van der Waals surface area contributed by atoms with Crippen LogP contribution in [0.4, 0.5) is 0 Å². The van der Waals surface area contributed by atoms with Gasteiger partial charge in [-0.1, -0.05) is 18.2 Å². The molecule has 2 bridgehead atoms. The van der Waals surface area contributed by atoms with Crippen LogP contribution in [0.5, 0.6) is 0 Å². The fourth-order valence-corrected chi connectivity index (χ4v) is 4.15. The number of piperidine rings is 1. The minimum absolute atomic E-state index is 0.0409. The lowest BCUT2D eigenvalue weighted by atomic mass is 9.84. The second-order valence-corrected chi connectivity index (χ2v) is 6.49. The van der Waals surface area contributed by atoms with Crippen molar-refractivity contribution in [1.82, 2.24) is 4.90 Å². The SMILES string of the molecule is CN1C2CCC1CC(C(N)c1cc3ccccc3o1)C2. The molecule has 2 fully saturated rings. The molecule has 3 atom stereocenters. The number of nitrogens with two attached hydrogens (primary N) is 1. The number of nitrogens with zero attached hydrogens (tertiary/aromatic N) is 1. The molecule has 2 aromatic rings. The van der Waals surface area contributed by atoms with E-state index in [1.807, 2.05) is 18.2 Å². The van der Waals surface area contributed by atoms with Gasteiger partial charge >= 0.3 is 0 Å². The molecule has 0 saturated carbocycles. The molecule has 3 unspecified atom stereocenters. The van der Waals surface area contributed by atoms with Gasteiger partial charge in [-0.3, -0.25) is 0 Å². The van der Waals surface area contributed by atoms with Gasteiger partial charge in [0, 0.05) is 17.5 Å². The van der Waals surface area contributed by atoms with E-state index in [0.29, 0.717) is 5.92 Å². The largest absolute Gasteiger partial charge is 0.459 e. The van der Waals surface area contributed by atoms with Crippen LogP contribution in [-0.4, -0.2) is 24.0 Å². The smallest absolute Gasteiger partial charge is 0.134 e. The van der Waals surface area contributed by atoms with Crippen LogP contribution in [0.2, 0.25) is 0 Å². The van der Waals surface area contributed by atoms with Gasteiger partial charge in [0.15, 0.2) is 0 Å². The molecule has 2 saturated heterocycles. The lowest BCUT2D eigenvalue weighted by Gasteiger charge is -2.38. The molecule has 4 rings (SSSR count). The number of benzene rings is 1. The Morgan fingerprint density at radius 3 is 2.60 bits per heavy atom. The summed E-state index contributed by atoms with van der Waals surface area (Å²) in [5, 5.41) is 1.16. The maximum Gasteiger partial charge on any atom is 0.134 e. The molecule has 20 heavy (non-hydrogen) atoms. The van der Waals surface area contributed by atoms with E-state index < -0.39 is 0 Å². The second-order valence-electron chi connectivity index (χ2n) is 6.49. The van der Waals surface area contributed by atoms with Gasteiger partial charge < -0.3 is 15.1 Å². The van der Waals surface area contributed by atoms with Crippen LogP contribution in [0.25, 0.3) is 11.0 Å². The van der Waals surface area contributed by atoms with Crippen LogP contribution in [0, 0.1) is 5.92 Å². The van der Waals surface area contributed by atoms with Gasteiger partial charge in [-0.2, -0.15) is 0 Å². The zero-order chi connectivity index (χ0) is 13.7. The van der Waals surface area contributed by atoms with E-state index in [2.05, 4.69) is 24.1 Å². The Kier molecular flexibility index (Phi) is 2.86. The molecule has 3 heterocycles. The summed E-state index contributed by atoms with van der Waals surface area (Å²) in [4.78, 5) is 2.56. The molecule has 3 nitrogen and oxygen atoms in total. The van der Waals surface area contributed by atoms with Gasteiger partial charge in [0.2, 0.25) is 0 Å². The first kappa shape index (κ1) is 12.4. The van der Waals surface area contributed by atoms with Gasteiger partial charge in [-0.25, -0.2) is 0 Å². The molecule has 2 aliphatic rings. The van der Waals surface area contributed by atoms with Crippen molar-refractivity contribution in [3.63, 3.8) is 0 Å². The summed E-state index contributed by atoms with van der Waals surface area (Å²) < 4.78 is 5.96. The summed E-state index contributed by atoms with van der Waals surface area (Å²) in [6.45, 7) is 0. The molecule has 1 aromatic heterocycles. The van der Waals surface area contributed by atoms with Crippen LogP contribution >= 0.6 is 0 Å². The Morgan fingerprint density at radius 2 is 1.90 bits per heavy atom. The van der Waals surface area contributed by atoms with Crippen LogP contribution in [-0.2, 0) is 0 Å². The quantitative estimate of drug-likeness (QED) is 0.910. The minimum Gasteiger partial charge on any atom is -0.459 e. The number of hydrogen-bond donors (Lipinski definition) is 1. The van der Waals surface area contributed by atoms with Gasteiger partial charge in [0.1, 0.15) is 11.3 Å². The molecule has 106 valence electrons. The Morgan fingerprint density at radius 1 is 1.20 bits per heavy atom. The first-order chi connectivity index (χ1) is 9.72. The molecule has 1 aromatic carbocycles. The predicted molar refractivity (Wildman–Crippen MR) is 80.4 cm³/mol. The highest BCUT2D eigenvalue weighted by Crippen LogP contribution is 2.42. The molecule has 0 spiro atoms. The van der Waals surface area contributed by atoms with Crippen molar-refractivity contribution in [3.8, 4) is 0 Å². The van der Waals surface area contributed by atoms with E-state index in [0.717, 1.165) is 28.8 Å². The van der Waals surface area contributed by atoms with E-state index in [4.69, 9.17) is 10.2 Å². The third-order valence-corrected chi connectivity index (χ3v) is 5.42. The van der Waals surface area contributed by atoms with Crippen molar-refractivity contribution < 1.29 is 4.42 Å².